The zero-order chi connectivity index (χ0) is 11.4. The van der Waals surface area contributed by atoms with Gasteiger partial charge in [0, 0.05) is 5.41 Å². The molecule has 0 spiro atoms. The lowest BCUT2D eigenvalue weighted by atomic mass is 9.86. The summed E-state index contributed by atoms with van der Waals surface area (Å²) in [5.74, 6) is 1.78. The van der Waals surface area contributed by atoms with Crippen LogP contribution in [0.25, 0.3) is 0 Å². The van der Waals surface area contributed by atoms with Crippen LogP contribution in [0.3, 0.4) is 0 Å². The summed E-state index contributed by atoms with van der Waals surface area (Å²) in [6.45, 7) is 3.32. The molecule has 2 atom stereocenters. The average Bonchev–Trinajstić information content (AvgIpc) is 2.78. The first-order valence-electron chi connectivity index (χ1n) is 6.98. The standard InChI is InChI=1S/C14H26OS/c1-12-6-2-3-7-13(12)15-10-14(11-16)8-4-5-9-14/h12-13,16H,2-11H2,1H3. The number of thiol groups is 1. The predicted octanol–water partition coefficient (Wildman–Crippen LogP) is 4.07. The van der Waals surface area contributed by atoms with Crippen LogP contribution >= 0.6 is 12.6 Å². The summed E-state index contributed by atoms with van der Waals surface area (Å²) in [5, 5.41) is 0. The molecule has 0 aromatic rings. The summed E-state index contributed by atoms with van der Waals surface area (Å²) in [4.78, 5) is 0. The normalized spacial score (nSPS) is 34.1. The quantitative estimate of drug-likeness (QED) is 0.731. The first-order valence-corrected chi connectivity index (χ1v) is 7.61. The van der Waals surface area contributed by atoms with Gasteiger partial charge < -0.3 is 4.74 Å². The Hall–Kier alpha value is 0.310. The van der Waals surface area contributed by atoms with Gasteiger partial charge in [0.2, 0.25) is 0 Å². The van der Waals surface area contributed by atoms with Gasteiger partial charge in [-0.2, -0.15) is 12.6 Å². The van der Waals surface area contributed by atoms with Gasteiger partial charge in [0.1, 0.15) is 0 Å². The van der Waals surface area contributed by atoms with Crippen molar-refractivity contribution in [2.45, 2.75) is 64.4 Å². The van der Waals surface area contributed by atoms with Crippen molar-refractivity contribution in [2.24, 2.45) is 11.3 Å². The van der Waals surface area contributed by atoms with Crippen molar-refractivity contribution < 1.29 is 4.74 Å². The van der Waals surface area contributed by atoms with Crippen molar-refractivity contribution >= 4 is 12.6 Å². The van der Waals surface area contributed by atoms with E-state index in [4.69, 9.17) is 4.74 Å². The predicted molar refractivity (Wildman–Crippen MR) is 72.1 cm³/mol. The molecule has 0 saturated heterocycles. The van der Waals surface area contributed by atoms with E-state index in [1.807, 2.05) is 0 Å². The van der Waals surface area contributed by atoms with Crippen molar-refractivity contribution in [3.05, 3.63) is 0 Å². The molecule has 2 saturated carbocycles. The van der Waals surface area contributed by atoms with E-state index in [0.717, 1.165) is 18.3 Å². The Morgan fingerprint density at radius 3 is 2.44 bits per heavy atom. The highest BCUT2D eigenvalue weighted by Gasteiger charge is 2.34. The highest BCUT2D eigenvalue weighted by Crippen LogP contribution is 2.40. The van der Waals surface area contributed by atoms with Gasteiger partial charge >= 0.3 is 0 Å². The van der Waals surface area contributed by atoms with Crippen LogP contribution in [0.15, 0.2) is 0 Å². The van der Waals surface area contributed by atoms with Gasteiger partial charge in [-0.3, -0.25) is 0 Å². The molecule has 0 aromatic heterocycles. The van der Waals surface area contributed by atoms with Crippen LogP contribution in [0.5, 0.6) is 0 Å². The molecule has 1 nitrogen and oxygen atoms in total. The molecule has 0 amide bonds. The third-order valence-corrected chi connectivity index (χ3v) is 5.31. The minimum Gasteiger partial charge on any atom is -0.377 e. The Labute approximate surface area is 106 Å². The van der Waals surface area contributed by atoms with Crippen LogP contribution in [0.4, 0.5) is 0 Å². The van der Waals surface area contributed by atoms with Crippen LogP contribution in [0.2, 0.25) is 0 Å². The number of ether oxygens (including phenoxy) is 1. The van der Waals surface area contributed by atoms with E-state index in [9.17, 15) is 0 Å². The van der Waals surface area contributed by atoms with E-state index >= 15 is 0 Å². The highest BCUT2D eigenvalue weighted by atomic mass is 32.1. The summed E-state index contributed by atoms with van der Waals surface area (Å²) in [6, 6.07) is 0. The fourth-order valence-corrected chi connectivity index (χ4v) is 3.69. The molecule has 2 fully saturated rings. The molecular formula is C14H26OS. The second-order valence-corrected chi connectivity index (χ2v) is 6.29. The fraction of sp³-hybridized carbons (Fsp3) is 1.00. The smallest absolute Gasteiger partial charge is 0.0600 e. The molecule has 2 unspecified atom stereocenters. The molecule has 2 heteroatoms. The molecule has 0 aromatic carbocycles. The Balaban J connectivity index is 1.80. The third kappa shape index (κ3) is 2.95. The molecule has 16 heavy (non-hydrogen) atoms. The minimum absolute atomic E-state index is 0.417. The molecule has 0 radical (unpaired) electrons. The largest absolute Gasteiger partial charge is 0.377 e. The monoisotopic (exact) mass is 242 g/mol. The van der Waals surface area contributed by atoms with Gasteiger partial charge in [-0.1, -0.05) is 32.6 Å². The molecule has 94 valence electrons. The molecule has 2 rings (SSSR count). The van der Waals surface area contributed by atoms with E-state index in [1.165, 1.54) is 51.4 Å². The maximum Gasteiger partial charge on any atom is 0.0600 e. The van der Waals surface area contributed by atoms with Gasteiger partial charge in [0.25, 0.3) is 0 Å². The Bertz CT molecular complexity index is 211. The topological polar surface area (TPSA) is 9.23 Å². The van der Waals surface area contributed by atoms with Crippen molar-refractivity contribution in [1.29, 1.82) is 0 Å². The molecule has 2 aliphatic rings. The summed E-state index contributed by atoms with van der Waals surface area (Å²) in [6.07, 6.45) is 11.4. The van der Waals surface area contributed by atoms with Crippen molar-refractivity contribution in [1.82, 2.24) is 0 Å². The van der Waals surface area contributed by atoms with Crippen LogP contribution in [0, 0.1) is 11.3 Å². The summed E-state index contributed by atoms with van der Waals surface area (Å²) in [7, 11) is 0. The third-order valence-electron chi connectivity index (χ3n) is 4.64. The fourth-order valence-electron chi connectivity index (χ4n) is 3.29. The molecular weight excluding hydrogens is 216 g/mol. The van der Waals surface area contributed by atoms with Crippen LogP contribution < -0.4 is 0 Å². The Kier molecular flexibility index (Phi) is 4.60. The van der Waals surface area contributed by atoms with Crippen LogP contribution in [0.1, 0.15) is 58.3 Å². The second-order valence-electron chi connectivity index (χ2n) is 5.98. The second kappa shape index (κ2) is 5.77. The van der Waals surface area contributed by atoms with Gasteiger partial charge in [0.05, 0.1) is 12.7 Å². The maximum absolute atomic E-state index is 6.22. The van der Waals surface area contributed by atoms with E-state index in [2.05, 4.69) is 19.6 Å². The first kappa shape index (κ1) is 12.8. The van der Waals surface area contributed by atoms with Crippen LogP contribution in [-0.4, -0.2) is 18.5 Å². The van der Waals surface area contributed by atoms with Gasteiger partial charge in [-0.15, -0.1) is 0 Å². The highest BCUT2D eigenvalue weighted by molar-refractivity contribution is 7.80. The van der Waals surface area contributed by atoms with Gasteiger partial charge in [0.15, 0.2) is 0 Å². The van der Waals surface area contributed by atoms with Crippen molar-refractivity contribution in [3.63, 3.8) is 0 Å². The first-order chi connectivity index (χ1) is 7.76. The molecule has 0 bridgehead atoms. The SMILES string of the molecule is CC1CCCCC1OCC1(CS)CCCC1. The zero-order valence-corrected chi connectivity index (χ0v) is 11.5. The number of rotatable bonds is 4. The van der Waals surface area contributed by atoms with E-state index < -0.39 is 0 Å². The minimum atomic E-state index is 0.417. The molecule has 0 aliphatic heterocycles. The lowest BCUT2D eigenvalue weighted by Crippen LogP contribution is -2.32. The zero-order valence-electron chi connectivity index (χ0n) is 10.6. The Morgan fingerprint density at radius 2 is 1.81 bits per heavy atom. The van der Waals surface area contributed by atoms with E-state index in [1.54, 1.807) is 0 Å². The summed E-state index contributed by atoms with van der Waals surface area (Å²) in [5.41, 5.74) is 0.417. The van der Waals surface area contributed by atoms with E-state index in [-0.39, 0.29) is 0 Å². The molecule has 0 N–H and O–H groups in total. The van der Waals surface area contributed by atoms with E-state index in [0.29, 0.717) is 11.5 Å². The van der Waals surface area contributed by atoms with Gasteiger partial charge in [-0.25, -0.2) is 0 Å². The molecule has 0 heterocycles. The summed E-state index contributed by atoms with van der Waals surface area (Å²) >= 11 is 4.54. The number of hydrogen-bond acceptors (Lipinski definition) is 2. The van der Waals surface area contributed by atoms with Crippen LogP contribution in [-0.2, 0) is 4.74 Å². The van der Waals surface area contributed by atoms with Crippen molar-refractivity contribution in [3.8, 4) is 0 Å². The number of hydrogen-bond donors (Lipinski definition) is 1. The Morgan fingerprint density at radius 1 is 1.12 bits per heavy atom. The lowest BCUT2D eigenvalue weighted by Gasteiger charge is -2.34. The van der Waals surface area contributed by atoms with Gasteiger partial charge in [-0.05, 0) is 37.4 Å². The maximum atomic E-state index is 6.22. The lowest BCUT2D eigenvalue weighted by molar-refractivity contribution is -0.0417. The summed E-state index contributed by atoms with van der Waals surface area (Å²) < 4.78 is 6.22. The molecule has 2 aliphatic carbocycles. The van der Waals surface area contributed by atoms with Crippen molar-refractivity contribution in [2.75, 3.05) is 12.4 Å². The average molecular weight is 242 g/mol.